The minimum absolute atomic E-state index is 0.00995. The molecule has 3 aromatic rings. The van der Waals surface area contributed by atoms with E-state index >= 15 is 0 Å². The van der Waals surface area contributed by atoms with E-state index in [1.165, 1.54) is 0 Å². The first-order valence-electron chi connectivity index (χ1n) is 8.87. The Balaban J connectivity index is 1.41. The van der Waals surface area contributed by atoms with Crippen molar-refractivity contribution in [1.82, 2.24) is 25.0 Å². The number of likely N-dealkylation sites (tertiary alicyclic amines) is 1. The zero-order valence-corrected chi connectivity index (χ0v) is 15.1. The van der Waals surface area contributed by atoms with Gasteiger partial charge in [-0.15, -0.1) is 0 Å². The molecule has 144 valence electrons. The van der Waals surface area contributed by atoms with Crippen LogP contribution in [0.4, 0.5) is 8.78 Å². The fraction of sp³-hybridized carbons (Fsp3) is 0.316. The van der Waals surface area contributed by atoms with Crippen molar-refractivity contribution < 1.29 is 18.1 Å². The van der Waals surface area contributed by atoms with Crippen molar-refractivity contribution in [2.75, 3.05) is 13.1 Å². The first-order valence-corrected chi connectivity index (χ1v) is 8.87. The van der Waals surface area contributed by atoms with E-state index in [1.54, 1.807) is 17.3 Å². The molecule has 0 radical (unpaired) electrons. The molecule has 28 heavy (non-hydrogen) atoms. The second-order valence-corrected chi connectivity index (χ2v) is 6.73. The van der Waals surface area contributed by atoms with Crippen LogP contribution >= 0.6 is 0 Å². The molecule has 0 aliphatic carbocycles. The van der Waals surface area contributed by atoms with Gasteiger partial charge in [0.25, 0.3) is 11.8 Å². The van der Waals surface area contributed by atoms with Crippen LogP contribution in [0, 0.1) is 18.6 Å². The molecular weight excluding hydrogens is 368 g/mol. The number of carbonyl (C=O) groups is 1. The van der Waals surface area contributed by atoms with Crippen molar-refractivity contribution in [2.24, 2.45) is 0 Å². The summed E-state index contributed by atoms with van der Waals surface area (Å²) in [5.74, 6) is -1.03. The van der Waals surface area contributed by atoms with Crippen LogP contribution in [0.25, 0.3) is 11.6 Å². The molecular formula is C19H17F2N5O2. The van der Waals surface area contributed by atoms with Gasteiger partial charge in [0.05, 0.1) is 11.9 Å². The Morgan fingerprint density at radius 3 is 2.46 bits per heavy atom. The highest BCUT2D eigenvalue weighted by molar-refractivity contribution is 5.94. The molecule has 7 nitrogen and oxygen atoms in total. The third kappa shape index (κ3) is 3.73. The minimum atomic E-state index is -0.767. The lowest BCUT2D eigenvalue weighted by Gasteiger charge is -2.30. The topological polar surface area (TPSA) is 85.0 Å². The molecule has 4 rings (SSSR count). The van der Waals surface area contributed by atoms with Crippen LogP contribution in [0.5, 0.6) is 0 Å². The number of rotatable bonds is 3. The second kappa shape index (κ2) is 7.41. The molecule has 1 amide bonds. The van der Waals surface area contributed by atoms with E-state index in [4.69, 9.17) is 4.52 Å². The van der Waals surface area contributed by atoms with Gasteiger partial charge in [0.15, 0.2) is 5.82 Å². The zero-order chi connectivity index (χ0) is 19.7. The van der Waals surface area contributed by atoms with Crippen LogP contribution in [0.1, 0.15) is 40.6 Å². The Labute approximate surface area is 159 Å². The molecule has 0 bridgehead atoms. The average Bonchev–Trinajstić information content (AvgIpc) is 3.17. The van der Waals surface area contributed by atoms with E-state index in [9.17, 15) is 13.6 Å². The van der Waals surface area contributed by atoms with E-state index in [1.807, 2.05) is 6.92 Å². The number of hydrogen-bond acceptors (Lipinski definition) is 6. The molecule has 3 heterocycles. The van der Waals surface area contributed by atoms with E-state index in [-0.39, 0.29) is 17.4 Å². The predicted octanol–water partition coefficient (Wildman–Crippen LogP) is 3.13. The fourth-order valence-corrected chi connectivity index (χ4v) is 3.21. The number of benzene rings is 1. The lowest BCUT2D eigenvalue weighted by Crippen LogP contribution is -2.38. The normalized spacial score (nSPS) is 15.0. The second-order valence-electron chi connectivity index (χ2n) is 6.73. The molecule has 1 aromatic carbocycles. The van der Waals surface area contributed by atoms with Crippen molar-refractivity contribution in [2.45, 2.75) is 25.7 Å². The molecule has 0 spiro atoms. The average molecular weight is 385 g/mol. The lowest BCUT2D eigenvalue weighted by molar-refractivity contribution is 0.0709. The highest BCUT2D eigenvalue weighted by Gasteiger charge is 2.28. The van der Waals surface area contributed by atoms with Crippen LogP contribution in [0.3, 0.4) is 0 Å². The van der Waals surface area contributed by atoms with Gasteiger partial charge in [-0.3, -0.25) is 9.78 Å². The minimum Gasteiger partial charge on any atom is -0.339 e. The number of carbonyl (C=O) groups excluding carboxylic acids is 1. The van der Waals surface area contributed by atoms with Gasteiger partial charge in [-0.05, 0) is 31.9 Å². The van der Waals surface area contributed by atoms with E-state index < -0.39 is 11.6 Å². The summed E-state index contributed by atoms with van der Waals surface area (Å²) in [6.07, 6.45) is 4.45. The number of aromatic nitrogens is 4. The van der Waals surface area contributed by atoms with Gasteiger partial charge in [0.2, 0.25) is 0 Å². The molecule has 2 aromatic heterocycles. The lowest BCUT2D eigenvalue weighted by atomic mass is 9.95. The summed E-state index contributed by atoms with van der Waals surface area (Å²) in [5, 5.41) is 4.03. The largest absolute Gasteiger partial charge is 0.339 e. The van der Waals surface area contributed by atoms with Crippen molar-refractivity contribution >= 4 is 5.91 Å². The van der Waals surface area contributed by atoms with Gasteiger partial charge >= 0.3 is 0 Å². The molecule has 9 heteroatoms. The first kappa shape index (κ1) is 18.1. The Hall–Kier alpha value is -3.23. The summed E-state index contributed by atoms with van der Waals surface area (Å²) in [6.45, 7) is 2.72. The van der Waals surface area contributed by atoms with Crippen molar-refractivity contribution in [3.05, 3.63) is 59.3 Å². The fourth-order valence-electron chi connectivity index (χ4n) is 3.21. The van der Waals surface area contributed by atoms with Gasteiger partial charge in [-0.25, -0.2) is 13.8 Å². The van der Waals surface area contributed by atoms with Gasteiger partial charge in [-0.1, -0.05) is 5.16 Å². The van der Waals surface area contributed by atoms with Crippen molar-refractivity contribution in [3.63, 3.8) is 0 Å². The molecule has 0 saturated carbocycles. The van der Waals surface area contributed by atoms with Crippen molar-refractivity contribution in [3.8, 4) is 11.6 Å². The molecule has 0 atom stereocenters. The van der Waals surface area contributed by atoms with Crippen LogP contribution in [-0.2, 0) is 0 Å². The van der Waals surface area contributed by atoms with Crippen LogP contribution in [0.15, 0.2) is 35.1 Å². The summed E-state index contributed by atoms with van der Waals surface area (Å²) in [7, 11) is 0. The number of hydrogen-bond donors (Lipinski definition) is 0. The number of amides is 1. The number of halogens is 2. The van der Waals surface area contributed by atoms with Crippen LogP contribution in [-0.4, -0.2) is 44.0 Å². The summed E-state index contributed by atoms with van der Waals surface area (Å²) in [6, 6.07) is 2.84. The maximum Gasteiger partial charge on any atom is 0.278 e. The Bertz CT molecular complexity index is 978. The van der Waals surface area contributed by atoms with Gasteiger partial charge in [0, 0.05) is 36.8 Å². The van der Waals surface area contributed by atoms with Crippen LogP contribution < -0.4 is 0 Å². The van der Waals surface area contributed by atoms with Crippen molar-refractivity contribution in [1.29, 1.82) is 0 Å². The smallest absolute Gasteiger partial charge is 0.278 e. The summed E-state index contributed by atoms with van der Waals surface area (Å²) >= 11 is 0. The highest BCUT2D eigenvalue weighted by atomic mass is 19.1. The molecule has 1 aliphatic heterocycles. The Morgan fingerprint density at radius 1 is 1.11 bits per heavy atom. The molecule has 1 aliphatic rings. The van der Waals surface area contributed by atoms with E-state index in [0.717, 1.165) is 23.9 Å². The third-order valence-electron chi connectivity index (χ3n) is 4.70. The van der Waals surface area contributed by atoms with E-state index in [0.29, 0.717) is 43.3 Å². The molecule has 0 N–H and O–H groups in total. The van der Waals surface area contributed by atoms with Gasteiger partial charge in [-0.2, -0.15) is 4.98 Å². The Kier molecular flexibility index (Phi) is 4.81. The molecule has 1 saturated heterocycles. The maximum atomic E-state index is 13.4. The summed E-state index contributed by atoms with van der Waals surface area (Å²) in [4.78, 5) is 26.9. The number of nitrogens with zero attached hydrogens (tertiary/aromatic N) is 5. The maximum absolute atomic E-state index is 13.4. The summed E-state index contributed by atoms with van der Waals surface area (Å²) in [5.41, 5.74) is 1.31. The summed E-state index contributed by atoms with van der Waals surface area (Å²) < 4.78 is 32.0. The predicted molar refractivity (Wildman–Crippen MR) is 94.3 cm³/mol. The molecule has 1 fully saturated rings. The Morgan fingerprint density at radius 2 is 1.82 bits per heavy atom. The zero-order valence-electron chi connectivity index (χ0n) is 15.1. The quantitative estimate of drug-likeness (QED) is 0.689. The van der Waals surface area contributed by atoms with Gasteiger partial charge < -0.3 is 9.42 Å². The van der Waals surface area contributed by atoms with E-state index in [2.05, 4.69) is 20.1 Å². The van der Waals surface area contributed by atoms with Gasteiger partial charge in [0.1, 0.15) is 17.3 Å². The third-order valence-corrected chi connectivity index (χ3v) is 4.70. The first-order chi connectivity index (χ1) is 13.5. The monoisotopic (exact) mass is 385 g/mol. The molecule has 0 unspecified atom stereocenters. The SMILES string of the molecule is Cc1cnc(-c2nc(C3CCN(C(=O)c4cc(F)cc(F)c4)CC3)no2)cn1. The standard InChI is InChI=1S/C19H17F2N5O2/c1-11-9-23-16(10-22-11)18-24-17(25-28-18)12-2-4-26(5-3-12)19(27)13-6-14(20)8-15(21)7-13/h6-10,12H,2-5H2,1H3. The number of piperidine rings is 1. The van der Waals surface area contributed by atoms with Crippen LogP contribution in [0.2, 0.25) is 0 Å². The highest BCUT2D eigenvalue weighted by Crippen LogP contribution is 2.28. The number of aryl methyl sites for hydroxylation is 1.